The molecule has 0 spiro atoms. The van der Waals surface area contributed by atoms with Crippen LogP contribution in [-0.2, 0) is 25.5 Å². The van der Waals surface area contributed by atoms with Gasteiger partial charge in [-0.25, -0.2) is 9.59 Å². The number of esters is 2. The summed E-state index contributed by atoms with van der Waals surface area (Å²) in [5.74, 6) is -0.813. The molecule has 6 nitrogen and oxygen atoms in total. The number of carbonyl (C=O) groups excluding carboxylic acids is 3. The second-order valence-electron chi connectivity index (χ2n) is 4.93. The first-order chi connectivity index (χ1) is 11.5. The van der Waals surface area contributed by atoms with E-state index in [1.54, 1.807) is 31.2 Å². The second kappa shape index (κ2) is 9.99. The number of amides is 1. The first-order valence-electron chi connectivity index (χ1n) is 7.50. The van der Waals surface area contributed by atoms with Crippen LogP contribution in [0.15, 0.2) is 49.6 Å². The molecule has 0 fully saturated rings. The lowest BCUT2D eigenvalue weighted by molar-refractivity contribution is -0.139. The van der Waals surface area contributed by atoms with Crippen LogP contribution in [0.25, 0.3) is 0 Å². The first-order valence-corrected chi connectivity index (χ1v) is 7.50. The van der Waals surface area contributed by atoms with E-state index >= 15 is 0 Å². The number of benzene rings is 1. The summed E-state index contributed by atoms with van der Waals surface area (Å²) >= 11 is 0. The van der Waals surface area contributed by atoms with Gasteiger partial charge < -0.3 is 14.8 Å². The average molecular weight is 331 g/mol. The topological polar surface area (TPSA) is 81.7 Å². The minimum Gasteiger partial charge on any atom is -0.460 e. The monoisotopic (exact) mass is 331 g/mol. The molecular formula is C18H21NO5. The Morgan fingerprint density at radius 1 is 1.12 bits per heavy atom. The fourth-order valence-electron chi connectivity index (χ4n) is 1.86. The lowest BCUT2D eigenvalue weighted by Gasteiger charge is -2.18. The highest BCUT2D eigenvalue weighted by molar-refractivity contribution is 5.83. The third-order valence-electron chi connectivity index (χ3n) is 3.07. The van der Waals surface area contributed by atoms with Gasteiger partial charge in [0.1, 0.15) is 12.4 Å². The largest absolute Gasteiger partial charge is 0.460 e. The van der Waals surface area contributed by atoms with Gasteiger partial charge in [0.2, 0.25) is 5.91 Å². The van der Waals surface area contributed by atoms with Gasteiger partial charge in [0.15, 0.2) is 0 Å². The predicted molar refractivity (Wildman–Crippen MR) is 89.4 cm³/mol. The number of nitrogens with one attached hydrogen (secondary N) is 1. The zero-order valence-electron chi connectivity index (χ0n) is 13.6. The number of ether oxygens (including phenoxy) is 2. The Morgan fingerprint density at radius 3 is 2.29 bits per heavy atom. The summed E-state index contributed by atoms with van der Waals surface area (Å²) in [5, 5.41) is 2.80. The van der Waals surface area contributed by atoms with Gasteiger partial charge in [-0.15, -0.1) is 0 Å². The van der Waals surface area contributed by atoms with E-state index in [-0.39, 0.29) is 18.6 Å². The molecule has 0 heterocycles. The molecule has 1 amide bonds. The quantitative estimate of drug-likeness (QED) is 0.425. The maximum Gasteiger partial charge on any atom is 0.335 e. The Hall–Kier alpha value is -2.89. The van der Waals surface area contributed by atoms with Crippen LogP contribution in [0.2, 0.25) is 0 Å². The summed E-state index contributed by atoms with van der Waals surface area (Å²) in [6.45, 7) is 8.44. The van der Waals surface area contributed by atoms with Gasteiger partial charge in [-0.3, -0.25) is 4.79 Å². The van der Waals surface area contributed by atoms with Crippen LogP contribution in [-0.4, -0.2) is 30.5 Å². The zero-order valence-corrected chi connectivity index (χ0v) is 13.6. The van der Waals surface area contributed by atoms with Crippen LogP contribution in [0.1, 0.15) is 18.9 Å². The molecule has 1 rings (SSSR count). The molecule has 0 saturated heterocycles. The maximum absolute atomic E-state index is 11.6. The van der Waals surface area contributed by atoms with Crippen molar-refractivity contribution in [3.05, 3.63) is 55.1 Å². The lowest BCUT2D eigenvalue weighted by Crippen LogP contribution is -2.40. The van der Waals surface area contributed by atoms with Gasteiger partial charge >= 0.3 is 11.9 Å². The predicted octanol–water partition coefficient (Wildman–Crippen LogP) is 1.94. The second-order valence-corrected chi connectivity index (χ2v) is 4.93. The van der Waals surface area contributed by atoms with Gasteiger partial charge in [0.25, 0.3) is 0 Å². The Balaban J connectivity index is 2.71. The molecule has 1 atom stereocenters. The molecule has 1 aromatic rings. The van der Waals surface area contributed by atoms with Crippen LogP contribution in [0, 0.1) is 0 Å². The summed E-state index contributed by atoms with van der Waals surface area (Å²) in [6, 6.07) is 6.47. The van der Waals surface area contributed by atoms with Crippen LogP contribution >= 0.6 is 0 Å². The van der Waals surface area contributed by atoms with E-state index in [0.29, 0.717) is 18.6 Å². The first kappa shape index (κ1) is 19.2. The highest BCUT2D eigenvalue weighted by Crippen LogP contribution is 2.14. The van der Waals surface area contributed by atoms with Crippen LogP contribution < -0.4 is 10.1 Å². The van der Waals surface area contributed by atoms with Crippen molar-refractivity contribution in [1.82, 2.24) is 5.32 Å². The van der Waals surface area contributed by atoms with E-state index < -0.39 is 11.9 Å². The van der Waals surface area contributed by atoms with E-state index in [9.17, 15) is 14.4 Å². The van der Waals surface area contributed by atoms with E-state index in [2.05, 4.69) is 18.5 Å². The fourth-order valence-corrected chi connectivity index (χ4v) is 1.86. The molecule has 0 aromatic heterocycles. The minimum absolute atomic E-state index is 0.0454. The number of hydrogen-bond donors (Lipinski definition) is 1. The third kappa shape index (κ3) is 6.91. The smallest absolute Gasteiger partial charge is 0.335 e. The van der Waals surface area contributed by atoms with E-state index in [1.165, 1.54) is 0 Å². The Bertz CT molecular complexity index is 606. The molecule has 0 radical (unpaired) electrons. The van der Waals surface area contributed by atoms with Crippen molar-refractivity contribution in [1.29, 1.82) is 0 Å². The normalized spacial score (nSPS) is 11.0. The van der Waals surface area contributed by atoms with Crippen molar-refractivity contribution in [2.24, 2.45) is 0 Å². The molecule has 0 bridgehead atoms. The zero-order chi connectivity index (χ0) is 17.9. The number of carbonyl (C=O) groups is 3. The Kier molecular flexibility index (Phi) is 7.98. The average Bonchev–Trinajstić information content (AvgIpc) is 2.60. The standard InChI is InChI=1S/C18H21NO5/c1-4-16(20)19-14(12-23-17(21)5-2)11-13-7-9-15(10-8-13)24-18(22)6-3/h5-10,14H,2-4,11-12H2,1H3,(H,19,20)/t14-/m0/s1. The summed E-state index contributed by atoms with van der Waals surface area (Å²) in [6.07, 6.45) is 2.95. The highest BCUT2D eigenvalue weighted by atomic mass is 16.5. The SMILES string of the molecule is C=CC(=O)OC[C@H](Cc1ccc(OC(=O)C=C)cc1)NC(=O)CC. The Morgan fingerprint density at radius 2 is 1.75 bits per heavy atom. The molecule has 0 saturated carbocycles. The summed E-state index contributed by atoms with van der Waals surface area (Å²) < 4.78 is 10.0. The number of hydrogen-bond acceptors (Lipinski definition) is 5. The molecular weight excluding hydrogens is 310 g/mol. The summed E-state index contributed by atoms with van der Waals surface area (Å²) in [7, 11) is 0. The molecule has 1 N–H and O–H groups in total. The highest BCUT2D eigenvalue weighted by Gasteiger charge is 2.14. The van der Waals surface area contributed by atoms with E-state index in [0.717, 1.165) is 17.7 Å². The van der Waals surface area contributed by atoms with Crippen LogP contribution in [0.5, 0.6) is 5.75 Å². The maximum atomic E-state index is 11.6. The molecule has 0 aliphatic heterocycles. The molecule has 0 aliphatic carbocycles. The van der Waals surface area contributed by atoms with Crippen molar-refractivity contribution in [2.75, 3.05) is 6.61 Å². The van der Waals surface area contributed by atoms with Crippen LogP contribution in [0.4, 0.5) is 0 Å². The van der Waals surface area contributed by atoms with E-state index in [1.807, 2.05) is 0 Å². The Labute approximate surface area is 141 Å². The molecule has 0 aliphatic rings. The molecule has 128 valence electrons. The third-order valence-corrected chi connectivity index (χ3v) is 3.07. The minimum atomic E-state index is -0.544. The van der Waals surface area contributed by atoms with Crippen molar-refractivity contribution < 1.29 is 23.9 Å². The van der Waals surface area contributed by atoms with E-state index in [4.69, 9.17) is 9.47 Å². The fraction of sp³-hybridized carbons (Fsp3) is 0.278. The molecule has 24 heavy (non-hydrogen) atoms. The van der Waals surface area contributed by atoms with Crippen molar-refractivity contribution in [3.8, 4) is 5.75 Å². The van der Waals surface area contributed by atoms with Gasteiger partial charge in [-0.1, -0.05) is 32.2 Å². The number of rotatable bonds is 9. The van der Waals surface area contributed by atoms with Gasteiger partial charge in [-0.2, -0.15) is 0 Å². The van der Waals surface area contributed by atoms with Crippen molar-refractivity contribution in [2.45, 2.75) is 25.8 Å². The van der Waals surface area contributed by atoms with Gasteiger partial charge in [0, 0.05) is 18.6 Å². The summed E-state index contributed by atoms with van der Waals surface area (Å²) in [4.78, 5) is 33.9. The van der Waals surface area contributed by atoms with Crippen LogP contribution in [0.3, 0.4) is 0 Å². The molecule has 1 aromatic carbocycles. The van der Waals surface area contributed by atoms with Crippen molar-refractivity contribution in [3.63, 3.8) is 0 Å². The van der Waals surface area contributed by atoms with Gasteiger partial charge in [-0.05, 0) is 24.1 Å². The molecule has 6 heteroatoms. The van der Waals surface area contributed by atoms with Gasteiger partial charge in [0.05, 0.1) is 6.04 Å². The molecule has 0 unspecified atom stereocenters. The van der Waals surface area contributed by atoms with Crippen molar-refractivity contribution >= 4 is 17.8 Å². The summed E-state index contributed by atoms with van der Waals surface area (Å²) in [5.41, 5.74) is 0.893. The lowest BCUT2D eigenvalue weighted by atomic mass is 10.1.